The Morgan fingerprint density at radius 1 is 1.08 bits per heavy atom. The summed E-state index contributed by atoms with van der Waals surface area (Å²) in [5, 5.41) is 11.3. The first kappa shape index (κ1) is 27.6. The number of hydrogen-bond donors (Lipinski definition) is 3. The molecule has 0 bridgehead atoms. The zero-order valence-corrected chi connectivity index (χ0v) is 20.9. The monoisotopic (exact) mass is 553 g/mol. The highest BCUT2D eigenvalue weighted by atomic mass is 32.2. The number of hydroxylamine groups is 1. The zero-order valence-electron chi connectivity index (χ0n) is 20.1. The third-order valence-electron chi connectivity index (χ3n) is 5.73. The Morgan fingerprint density at radius 3 is 2.47 bits per heavy atom. The summed E-state index contributed by atoms with van der Waals surface area (Å²) >= 11 is 0.828. The van der Waals surface area contributed by atoms with Crippen molar-refractivity contribution >= 4 is 33.9 Å². The quantitative estimate of drug-likeness (QED) is 0.149. The van der Waals surface area contributed by atoms with Crippen LogP contribution in [-0.2, 0) is 0 Å². The van der Waals surface area contributed by atoms with Crippen molar-refractivity contribution in [3.63, 3.8) is 0 Å². The minimum absolute atomic E-state index is 0.126. The van der Waals surface area contributed by atoms with E-state index in [1.54, 1.807) is 48.5 Å². The Kier molecular flexibility index (Phi) is 9.02. The Balaban J connectivity index is 1.22. The number of amides is 2. The molecule has 1 fully saturated rings. The van der Waals surface area contributed by atoms with Crippen molar-refractivity contribution < 1.29 is 41.9 Å². The third-order valence-corrected chi connectivity index (χ3v) is 6.52. The van der Waals surface area contributed by atoms with Gasteiger partial charge in [-0.2, -0.15) is 13.2 Å². The molecule has 0 saturated carbocycles. The number of thioether (sulfide) groups is 1. The highest BCUT2D eigenvalue weighted by Gasteiger charge is 2.32. The van der Waals surface area contributed by atoms with Gasteiger partial charge in [-0.25, -0.2) is 5.48 Å². The molecule has 0 spiro atoms. The number of benzene rings is 2. The summed E-state index contributed by atoms with van der Waals surface area (Å²) in [6.45, 7) is 0.160. The number of carbonyl (C=O) groups excluding carboxylic acids is 2. The number of likely N-dealkylation sites (tertiary alicyclic amines) is 1. The molecule has 204 valence electrons. The lowest BCUT2D eigenvalue weighted by atomic mass is 10.1. The van der Waals surface area contributed by atoms with Gasteiger partial charge >= 0.3 is 11.4 Å². The van der Waals surface area contributed by atoms with Crippen LogP contribution in [0.1, 0.15) is 23.4 Å². The smallest absolute Gasteiger partial charge is 0.401 e. The van der Waals surface area contributed by atoms with Crippen LogP contribution in [0.2, 0.25) is 0 Å². The molecule has 1 saturated heterocycles. The Hall–Kier alpha value is -3.42. The van der Waals surface area contributed by atoms with E-state index in [1.807, 2.05) is 0 Å². The summed E-state index contributed by atoms with van der Waals surface area (Å²) in [6.07, 6.45) is -3.38. The van der Waals surface area contributed by atoms with Gasteiger partial charge in [0.05, 0.1) is 13.1 Å². The number of furan rings is 1. The number of halogens is 3. The van der Waals surface area contributed by atoms with Crippen LogP contribution in [0.4, 0.5) is 18.0 Å². The second kappa shape index (κ2) is 12.4. The van der Waals surface area contributed by atoms with Gasteiger partial charge in [0, 0.05) is 23.4 Å². The molecule has 2 amide bonds. The Bertz CT molecular complexity index is 1240. The predicted octanol–water partition coefficient (Wildman–Crippen LogP) is 4.84. The normalized spacial score (nSPS) is 14.8. The van der Waals surface area contributed by atoms with E-state index in [0.717, 1.165) is 11.8 Å². The molecule has 0 atom stereocenters. The van der Waals surface area contributed by atoms with Crippen molar-refractivity contribution in [1.82, 2.24) is 15.7 Å². The van der Waals surface area contributed by atoms with E-state index < -0.39 is 23.9 Å². The minimum Gasteiger partial charge on any atom is -0.492 e. The first-order valence-electron chi connectivity index (χ1n) is 11.8. The second-order valence-electron chi connectivity index (χ2n) is 8.60. The number of alkyl halides is 3. The van der Waals surface area contributed by atoms with Crippen LogP contribution in [0.5, 0.6) is 11.5 Å². The number of rotatable bonds is 9. The van der Waals surface area contributed by atoms with E-state index >= 15 is 0 Å². The maximum absolute atomic E-state index is 12.6. The Morgan fingerprint density at radius 2 is 1.79 bits per heavy atom. The lowest BCUT2D eigenvalue weighted by Crippen LogP contribution is -2.42. The van der Waals surface area contributed by atoms with Gasteiger partial charge in [-0.15, -0.1) is 0 Å². The van der Waals surface area contributed by atoms with Crippen LogP contribution in [0, 0.1) is 0 Å². The van der Waals surface area contributed by atoms with E-state index in [4.69, 9.17) is 19.1 Å². The molecule has 1 aromatic heterocycles. The van der Waals surface area contributed by atoms with Gasteiger partial charge in [0.25, 0.3) is 5.91 Å². The third kappa shape index (κ3) is 8.04. The first-order valence-corrected chi connectivity index (χ1v) is 12.6. The van der Waals surface area contributed by atoms with Gasteiger partial charge in [0.15, 0.2) is 5.76 Å². The van der Waals surface area contributed by atoms with E-state index in [-0.39, 0.29) is 25.0 Å². The van der Waals surface area contributed by atoms with Crippen molar-refractivity contribution in [1.29, 1.82) is 0 Å². The molecule has 38 heavy (non-hydrogen) atoms. The van der Waals surface area contributed by atoms with Crippen LogP contribution in [-0.4, -0.2) is 66.3 Å². The van der Waals surface area contributed by atoms with Crippen molar-refractivity contribution in [3.05, 3.63) is 54.3 Å². The standard InChI is InChI=1S/C25H26F3N3O6S/c26-25(27,28)15-31-10-7-18(8-11-31)36-19-3-6-21-16(13-19)14-22(37-21)23(32)29-9-12-35-17-1-4-20(5-2-17)38-24(33)30-34/h1-6,13-14,18,34H,7-12,15H2,(H,29,32)(H,30,33). The Labute approximate surface area is 220 Å². The highest BCUT2D eigenvalue weighted by molar-refractivity contribution is 8.13. The maximum Gasteiger partial charge on any atom is 0.401 e. The highest BCUT2D eigenvalue weighted by Crippen LogP contribution is 2.27. The molecule has 1 aliphatic heterocycles. The number of hydrogen-bond acceptors (Lipinski definition) is 8. The van der Waals surface area contributed by atoms with Crippen LogP contribution >= 0.6 is 11.8 Å². The zero-order chi connectivity index (χ0) is 27.1. The van der Waals surface area contributed by atoms with Crippen LogP contribution in [0.15, 0.2) is 57.8 Å². The lowest BCUT2D eigenvalue weighted by Gasteiger charge is -2.32. The molecule has 13 heteroatoms. The fraction of sp³-hybridized carbons (Fsp3) is 0.360. The van der Waals surface area contributed by atoms with Crippen LogP contribution in [0.3, 0.4) is 0 Å². The SMILES string of the molecule is O=C(NO)Sc1ccc(OCCNC(=O)c2cc3cc(OC4CCN(CC(F)(F)F)CC4)ccc3o2)cc1. The van der Waals surface area contributed by atoms with Gasteiger partial charge in [-0.05, 0) is 73.1 Å². The summed E-state index contributed by atoms with van der Waals surface area (Å²) in [4.78, 5) is 25.6. The van der Waals surface area contributed by atoms with E-state index in [9.17, 15) is 22.8 Å². The molecule has 0 radical (unpaired) electrons. The van der Waals surface area contributed by atoms with Crippen LogP contribution in [0.25, 0.3) is 11.0 Å². The number of nitrogens with one attached hydrogen (secondary N) is 2. The summed E-state index contributed by atoms with van der Waals surface area (Å²) < 4.78 is 54.9. The molecular weight excluding hydrogens is 527 g/mol. The summed E-state index contributed by atoms with van der Waals surface area (Å²) in [5.41, 5.74) is 2.04. The lowest BCUT2D eigenvalue weighted by molar-refractivity contribution is -0.149. The fourth-order valence-electron chi connectivity index (χ4n) is 3.99. The molecule has 4 rings (SSSR count). The number of carbonyl (C=O) groups is 2. The van der Waals surface area contributed by atoms with Gasteiger partial charge in [0.2, 0.25) is 0 Å². The summed E-state index contributed by atoms with van der Waals surface area (Å²) in [6, 6.07) is 13.4. The molecule has 9 nitrogen and oxygen atoms in total. The molecule has 2 heterocycles. The first-order chi connectivity index (χ1) is 18.2. The molecule has 0 aliphatic carbocycles. The number of piperidine rings is 1. The van der Waals surface area contributed by atoms with E-state index in [0.29, 0.717) is 53.3 Å². The largest absolute Gasteiger partial charge is 0.492 e. The average Bonchev–Trinajstić information content (AvgIpc) is 3.31. The second-order valence-corrected chi connectivity index (χ2v) is 9.64. The fourth-order valence-corrected chi connectivity index (χ4v) is 4.52. The summed E-state index contributed by atoms with van der Waals surface area (Å²) in [5.74, 6) is 0.830. The van der Waals surface area contributed by atoms with Gasteiger partial charge in [-0.3, -0.25) is 19.7 Å². The van der Waals surface area contributed by atoms with Gasteiger partial charge in [0.1, 0.15) is 29.8 Å². The number of fused-ring (bicyclic) bond motifs is 1. The molecule has 0 unspecified atom stereocenters. The van der Waals surface area contributed by atoms with Crippen LogP contribution < -0.4 is 20.3 Å². The minimum atomic E-state index is -4.20. The van der Waals surface area contributed by atoms with Gasteiger partial charge < -0.3 is 19.2 Å². The summed E-state index contributed by atoms with van der Waals surface area (Å²) in [7, 11) is 0. The molecular formula is C25H26F3N3O6S. The molecule has 3 N–H and O–H groups in total. The van der Waals surface area contributed by atoms with Gasteiger partial charge in [-0.1, -0.05) is 0 Å². The van der Waals surface area contributed by atoms with Crippen molar-refractivity contribution in [2.24, 2.45) is 0 Å². The topological polar surface area (TPSA) is 113 Å². The van der Waals surface area contributed by atoms with E-state index in [1.165, 1.54) is 10.4 Å². The van der Waals surface area contributed by atoms with Crippen molar-refractivity contribution in [2.45, 2.75) is 30.0 Å². The number of ether oxygens (including phenoxy) is 2. The van der Waals surface area contributed by atoms with Crippen molar-refractivity contribution in [3.8, 4) is 11.5 Å². The predicted molar refractivity (Wildman–Crippen MR) is 133 cm³/mol. The average molecular weight is 554 g/mol. The van der Waals surface area contributed by atoms with E-state index in [2.05, 4.69) is 5.32 Å². The number of nitrogens with zero attached hydrogens (tertiary/aromatic N) is 1. The maximum atomic E-state index is 12.6. The van der Waals surface area contributed by atoms with Crippen molar-refractivity contribution in [2.75, 3.05) is 32.8 Å². The molecule has 1 aliphatic rings. The molecule has 2 aromatic carbocycles. The molecule has 3 aromatic rings.